The van der Waals surface area contributed by atoms with Gasteiger partial charge in [-0.2, -0.15) is 56.5 Å². The molecule has 1 aliphatic carbocycles. The molecule has 1 saturated carbocycles. The summed E-state index contributed by atoms with van der Waals surface area (Å²) >= 11 is 0. The maximum Gasteiger partial charge on any atom is 4.00 e. The predicted molar refractivity (Wildman–Crippen MR) is 118 cm³/mol. The molecule has 3 rings (SSSR count). The maximum absolute atomic E-state index is 4.79. The Morgan fingerprint density at radius 1 is 0.893 bits per heavy atom. The maximum atomic E-state index is 4.79. The third kappa shape index (κ3) is 9.44. The fourth-order valence-corrected chi connectivity index (χ4v) is 3.27. The Kier molecular flexibility index (Phi) is 11.2. The largest absolute Gasteiger partial charge is 4.00 e. The fourth-order valence-electron chi connectivity index (χ4n) is 3.27. The summed E-state index contributed by atoms with van der Waals surface area (Å²) in [6.45, 7) is 14.5. The Morgan fingerprint density at radius 3 is 1.86 bits per heavy atom. The van der Waals surface area contributed by atoms with Crippen LogP contribution in [0.3, 0.4) is 0 Å². The number of nitrogens with zero attached hydrogens (tertiary/aromatic N) is 2. The van der Waals surface area contributed by atoms with Gasteiger partial charge in [-0.25, -0.2) is 0 Å². The van der Waals surface area contributed by atoms with Crippen LogP contribution in [0.5, 0.6) is 0 Å². The van der Waals surface area contributed by atoms with E-state index in [1.54, 1.807) is 5.92 Å². The molecule has 148 valence electrons. The van der Waals surface area contributed by atoms with Crippen LogP contribution in [0, 0.1) is 24.7 Å². The molecule has 0 saturated heterocycles. The van der Waals surface area contributed by atoms with E-state index < -0.39 is 0 Å². The molecule has 1 fully saturated rings. The number of hydrogen-bond donors (Lipinski definition) is 0. The van der Waals surface area contributed by atoms with Gasteiger partial charge in [0.2, 0.25) is 0 Å². The number of rotatable bonds is 5. The van der Waals surface area contributed by atoms with Gasteiger partial charge in [0.25, 0.3) is 0 Å². The van der Waals surface area contributed by atoms with Crippen molar-refractivity contribution in [1.82, 2.24) is 0 Å². The Labute approximate surface area is 192 Å². The molecule has 0 bridgehead atoms. The number of hydrogen-bond acceptors (Lipinski definition) is 0. The molecule has 0 amide bonds. The predicted octanol–water partition coefficient (Wildman–Crippen LogP) is 7.35. The molecule has 28 heavy (non-hydrogen) atoms. The fraction of sp³-hybridized carbons (Fsp3) is 0.440. The zero-order valence-corrected chi connectivity index (χ0v) is 20.3. The molecule has 2 atom stereocenters. The van der Waals surface area contributed by atoms with Crippen LogP contribution >= 0.6 is 0 Å². The summed E-state index contributed by atoms with van der Waals surface area (Å²) in [5.74, 6) is 2.93. The Hall–Kier alpha value is -1.05. The first-order valence-electron chi connectivity index (χ1n) is 9.96. The zero-order valence-electron chi connectivity index (χ0n) is 17.9. The average molecular weight is 454 g/mol. The van der Waals surface area contributed by atoms with Gasteiger partial charge in [0, 0.05) is 0 Å². The number of para-hydroxylation sites is 1. The van der Waals surface area contributed by atoms with Crippen LogP contribution in [0.15, 0.2) is 60.7 Å². The monoisotopic (exact) mass is 452 g/mol. The third-order valence-corrected chi connectivity index (χ3v) is 5.03. The van der Waals surface area contributed by atoms with E-state index in [9.17, 15) is 0 Å². The quantitative estimate of drug-likeness (QED) is 0.423. The van der Waals surface area contributed by atoms with E-state index in [1.165, 1.54) is 12.8 Å². The topological polar surface area (TPSA) is 28.2 Å². The van der Waals surface area contributed by atoms with Crippen molar-refractivity contribution in [3.05, 3.63) is 89.7 Å². The molecule has 1 aliphatic rings. The average Bonchev–Trinajstić information content (AvgIpc) is 3.00. The summed E-state index contributed by atoms with van der Waals surface area (Å²) in [5, 5.41) is 9.52. The third-order valence-electron chi connectivity index (χ3n) is 5.03. The van der Waals surface area contributed by atoms with Gasteiger partial charge in [0.1, 0.15) is 0 Å². The minimum Gasteiger partial charge on any atom is -0.686 e. The van der Waals surface area contributed by atoms with Gasteiger partial charge in [-0.3, -0.25) is 0 Å². The van der Waals surface area contributed by atoms with Crippen molar-refractivity contribution in [1.29, 1.82) is 0 Å². The first kappa shape index (κ1) is 25.0. The summed E-state index contributed by atoms with van der Waals surface area (Å²) in [4.78, 5) is 0. The van der Waals surface area contributed by atoms with Crippen molar-refractivity contribution in [3.63, 3.8) is 0 Å². The molecule has 0 aliphatic heterocycles. The molecular formula is C25H34N2Zr. The zero-order chi connectivity index (χ0) is 19.7. The molecule has 2 aromatic carbocycles. The Balaban J connectivity index is 0.000000414. The second kappa shape index (κ2) is 12.5. The molecule has 0 radical (unpaired) electrons. The van der Waals surface area contributed by atoms with Crippen LogP contribution in [-0.2, 0) is 26.2 Å². The second-order valence-electron chi connectivity index (χ2n) is 8.39. The van der Waals surface area contributed by atoms with Crippen molar-refractivity contribution < 1.29 is 26.2 Å². The molecule has 0 heterocycles. The molecule has 0 aromatic heterocycles. The van der Waals surface area contributed by atoms with Gasteiger partial charge in [0.15, 0.2) is 0 Å². The van der Waals surface area contributed by atoms with Crippen LogP contribution in [0.2, 0.25) is 0 Å². The summed E-state index contributed by atoms with van der Waals surface area (Å²) in [7, 11) is 0. The summed E-state index contributed by atoms with van der Waals surface area (Å²) in [6.07, 6.45) is 2.55. The molecular weight excluding hydrogens is 420 g/mol. The van der Waals surface area contributed by atoms with E-state index in [4.69, 9.17) is 10.6 Å². The Morgan fingerprint density at radius 2 is 1.39 bits per heavy atom. The van der Waals surface area contributed by atoms with Crippen LogP contribution in [0.25, 0.3) is 10.6 Å². The van der Waals surface area contributed by atoms with Gasteiger partial charge < -0.3 is 16.6 Å². The molecule has 2 unspecified atom stereocenters. The van der Waals surface area contributed by atoms with E-state index in [-0.39, 0.29) is 31.7 Å². The minimum atomic E-state index is 0. The van der Waals surface area contributed by atoms with Gasteiger partial charge in [-0.1, -0.05) is 70.0 Å². The molecule has 3 heteroatoms. The standard InChI is InChI=1S/C18H27N2.C7H7.Zr/c1-14-15(12-19-17-8-6-5-7-9-17)10-11-16(14)13-20-18(2,3)4;1-7-5-3-2-4-6-7;/h5-9,15-16H,10-13H2,1-4H3;2-6H,1H2;/q-3;-1;+4. The van der Waals surface area contributed by atoms with Crippen LogP contribution in [0.1, 0.15) is 46.1 Å². The number of benzene rings is 2. The van der Waals surface area contributed by atoms with Gasteiger partial charge in [-0.15, -0.1) is 23.4 Å². The molecule has 0 N–H and O–H groups in total. The van der Waals surface area contributed by atoms with E-state index in [1.807, 2.05) is 36.4 Å². The first-order valence-corrected chi connectivity index (χ1v) is 9.96. The van der Waals surface area contributed by atoms with Crippen LogP contribution in [-0.4, -0.2) is 18.6 Å². The van der Waals surface area contributed by atoms with Crippen molar-refractivity contribution in [3.8, 4) is 0 Å². The normalized spacial score (nSPS) is 19.3. The first-order chi connectivity index (χ1) is 12.8. The summed E-state index contributed by atoms with van der Waals surface area (Å²) in [6, 6.07) is 20.2. The van der Waals surface area contributed by atoms with E-state index in [0.717, 1.165) is 24.3 Å². The van der Waals surface area contributed by atoms with Crippen molar-refractivity contribution in [2.45, 2.75) is 46.1 Å². The molecule has 2 nitrogen and oxygen atoms in total. The van der Waals surface area contributed by atoms with Crippen LogP contribution < -0.4 is 0 Å². The van der Waals surface area contributed by atoms with Crippen molar-refractivity contribution in [2.24, 2.45) is 11.8 Å². The van der Waals surface area contributed by atoms with Gasteiger partial charge in [-0.05, 0) is 0 Å². The van der Waals surface area contributed by atoms with Crippen LogP contribution in [0.4, 0.5) is 5.69 Å². The molecule has 0 spiro atoms. The van der Waals surface area contributed by atoms with Gasteiger partial charge in [0.05, 0.1) is 0 Å². The smallest absolute Gasteiger partial charge is 0.686 e. The van der Waals surface area contributed by atoms with Crippen molar-refractivity contribution in [2.75, 3.05) is 13.1 Å². The summed E-state index contributed by atoms with van der Waals surface area (Å²) < 4.78 is 0. The Bertz CT molecular complexity index is 637. The minimum absolute atomic E-state index is 0. The molecule has 2 aromatic rings. The summed E-state index contributed by atoms with van der Waals surface area (Å²) in [5.41, 5.74) is 2.26. The second-order valence-corrected chi connectivity index (χ2v) is 8.39. The SMILES string of the molecule is C[C-]1C(C[N-]c2ccccc2)CCC1C[N-]C(C)(C)C.[CH2-]c1ccccc1.[Zr+4]. The van der Waals surface area contributed by atoms with E-state index in [0.29, 0.717) is 11.8 Å². The van der Waals surface area contributed by atoms with E-state index in [2.05, 4.69) is 58.9 Å². The van der Waals surface area contributed by atoms with E-state index >= 15 is 0 Å². The van der Waals surface area contributed by atoms with Crippen molar-refractivity contribution >= 4 is 5.69 Å². The van der Waals surface area contributed by atoms with Gasteiger partial charge >= 0.3 is 26.2 Å².